The fourth-order valence-electron chi connectivity index (χ4n) is 2.47. The Labute approximate surface area is 124 Å². The van der Waals surface area contributed by atoms with E-state index in [0.717, 1.165) is 22.3 Å². The molecule has 21 heavy (non-hydrogen) atoms. The van der Waals surface area contributed by atoms with E-state index in [1.807, 2.05) is 78.9 Å². The van der Waals surface area contributed by atoms with E-state index in [9.17, 15) is 10.0 Å². The molecular formula is C18H15BO2. The van der Waals surface area contributed by atoms with E-state index in [4.69, 9.17) is 0 Å². The molecule has 0 aliphatic rings. The van der Waals surface area contributed by atoms with Crippen LogP contribution in [-0.2, 0) is 0 Å². The molecule has 2 nitrogen and oxygen atoms in total. The average molecular weight is 274 g/mol. The topological polar surface area (TPSA) is 40.5 Å². The maximum atomic E-state index is 9.69. The van der Waals surface area contributed by atoms with Crippen LogP contribution in [0.25, 0.3) is 22.3 Å². The van der Waals surface area contributed by atoms with Gasteiger partial charge < -0.3 is 10.0 Å². The van der Waals surface area contributed by atoms with Crippen LogP contribution < -0.4 is 5.46 Å². The Morgan fingerprint density at radius 2 is 1.14 bits per heavy atom. The van der Waals surface area contributed by atoms with Crippen LogP contribution in [0.2, 0.25) is 0 Å². The maximum Gasteiger partial charge on any atom is 0.489 e. The lowest BCUT2D eigenvalue weighted by Gasteiger charge is -2.12. The van der Waals surface area contributed by atoms with E-state index >= 15 is 0 Å². The molecular weight excluding hydrogens is 259 g/mol. The van der Waals surface area contributed by atoms with Gasteiger partial charge in [0.05, 0.1) is 0 Å². The Bertz CT molecular complexity index is 725. The van der Waals surface area contributed by atoms with Crippen LogP contribution in [0, 0.1) is 0 Å². The van der Waals surface area contributed by atoms with Crippen LogP contribution in [0.4, 0.5) is 0 Å². The van der Waals surface area contributed by atoms with Crippen molar-refractivity contribution >= 4 is 12.6 Å². The van der Waals surface area contributed by atoms with Crippen LogP contribution in [0.3, 0.4) is 0 Å². The van der Waals surface area contributed by atoms with Gasteiger partial charge in [0.25, 0.3) is 0 Å². The highest BCUT2D eigenvalue weighted by Gasteiger charge is 2.17. The molecule has 0 atom stereocenters. The Balaban J connectivity index is 2.12. The minimum Gasteiger partial charge on any atom is -0.423 e. The summed E-state index contributed by atoms with van der Waals surface area (Å²) in [5.74, 6) is 0. The zero-order valence-electron chi connectivity index (χ0n) is 11.5. The molecule has 3 aromatic rings. The summed E-state index contributed by atoms with van der Waals surface area (Å²) in [5, 5.41) is 19.4. The Morgan fingerprint density at radius 3 is 1.71 bits per heavy atom. The summed E-state index contributed by atoms with van der Waals surface area (Å²) in [6, 6.07) is 25.4. The second-order valence-electron chi connectivity index (χ2n) is 4.91. The van der Waals surface area contributed by atoms with Gasteiger partial charge in [-0.25, -0.2) is 0 Å². The largest absolute Gasteiger partial charge is 0.489 e. The van der Waals surface area contributed by atoms with Crippen molar-refractivity contribution in [3.8, 4) is 22.3 Å². The van der Waals surface area contributed by atoms with E-state index in [1.165, 1.54) is 0 Å². The van der Waals surface area contributed by atoms with Crippen molar-refractivity contribution in [2.24, 2.45) is 0 Å². The highest BCUT2D eigenvalue weighted by molar-refractivity contribution is 6.60. The number of hydrogen-bond acceptors (Lipinski definition) is 2. The first-order valence-corrected chi connectivity index (χ1v) is 6.86. The van der Waals surface area contributed by atoms with Gasteiger partial charge >= 0.3 is 7.12 Å². The molecule has 0 bridgehead atoms. The monoisotopic (exact) mass is 274 g/mol. The van der Waals surface area contributed by atoms with Gasteiger partial charge in [-0.2, -0.15) is 0 Å². The first-order valence-electron chi connectivity index (χ1n) is 6.86. The summed E-state index contributed by atoms with van der Waals surface area (Å²) in [4.78, 5) is 0. The van der Waals surface area contributed by atoms with Crippen LogP contribution in [0.1, 0.15) is 0 Å². The van der Waals surface area contributed by atoms with Gasteiger partial charge in [-0.1, -0.05) is 78.9 Å². The lowest BCUT2D eigenvalue weighted by molar-refractivity contribution is 0.426. The summed E-state index contributed by atoms with van der Waals surface area (Å²) in [6.45, 7) is 0. The van der Waals surface area contributed by atoms with Crippen LogP contribution in [-0.4, -0.2) is 17.2 Å². The van der Waals surface area contributed by atoms with Crippen LogP contribution in [0.5, 0.6) is 0 Å². The Kier molecular flexibility index (Phi) is 3.86. The van der Waals surface area contributed by atoms with Crippen molar-refractivity contribution < 1.29 is 10.0 Å². The fourth-order valence-corrected chi connectivity index (χ4v) is 2.47. The van der Waals surface area contributed by atoms with Crippen molar-refractivity contribution in [3.63, 3.8) is 0 Å². The molecule has 0 radical (unpaired) electrons. The molecule has 3 aromatic carbocycles. The molecule has 0 aliphatic heterocycles. The third-order valence-electron chi connectivity index (χ3n) is 3.52. The smallest absolute Gasteiger partial charge is 0.423 e. The lowest BCUT2D eigenvalue weighted by Crippen LogP contribution is -2.31. The van der Waals surface area contributed by atoms with Crippen molar-refractivity contribution in [1.29, 1.82) is 0 Å². The van der Waals surface area contributed by atoms with Gasteiger partial charge in [-0.05, 0) is 27.7 Å². The molecule has 0 heterocycles. The summed E-state index contributed by atoms with van der Waals surface area (Å²) in [6.07, 6.45) is 0. The molecule has 2 N–H and O–H groups in total. The molecule has 0 saturated heterocycles. The molecule has 3 rings (SSSR count). The molecule has 0 amide bonds. The number of rotatable bonds is 3. The summed E-state index contributed by atoms with van der Waals surface area (Å²) >= 11 is 0. The second-order valence-corrected chi connectivity index (χ2v) is 4.91. The molecule has 0 fully saturated rings. The summed E-state index contributed by atoms with van der Waals surface area (Å²) in [7, 11) is -1.50. The van der Waals surface area contributed by atoms with Gasteiger partial charge in [0, 0.05) is 0 Å². The number of hydrogen-bond donors (Lipinski definition) is 2. The van der Waals surface area contributed by atoms with Gasteiger partial charge in [-0.3, -0.25) is 0 Å². The van der Waals surface area contributed by atoms with Crippen molar-refractivity contribution in [3.05, 3.63) is 78.9 Å². The minimum atomic E-state index is -1.50. The molecule has 102 valence electrons. The Morgan fingerprint density at radius 1 is 0.571 bits per heavy atom. The standard InChI is InChI=1S/C18H15BO2/c20-19(21)18-13-16(14-7-3-1-4-8-14)11-12-17(18)15-9-5-2-6-10-15/h1-13,20-21H. The highest BCUT2D eigenvalue weighted by Crippen LogP contribution is 2.23. The fraction of sp³-hybridized carbons (Fsp3) is 0. The van der Waals surface area contributed by atoms with E-state index < -0.39 is 7.12 Å². The minimum absolute atomic E-state index is 0.516. The van der Waals surface area contributed by atoms with Crippen molar-refractivity contribution in [1.82, 2.24) is 0 Å². The molecule has 0 unspecified atom stereocenters. The molecule has 0 spiro atoms. The van der Waals surface area contributed by atoms with Crippen molar-refractivity contribution in [2.75, 3.05) is 0 Å². The van der Waals surface area contributed by atoms with Gasteiger partial charge in [0.2, 0.25) is 0 Å². The predicted octanol–water partition coefficient (Wildman–Crippen LogP) is 2.70. The third kappa shape index (κ3) is 2.89. The van der Waals surface area contributed by atoms with E-state index in [2.05, 4.69) is 0 Å². The normalized spacial score (nSPS) is 10.4. The van der Waals surface area contributed by atoms with Gasteiger partial charge in [-0.15, -0.1) is 0 Å². The van der Waals surface area contributed by atoms with Gasteiger partial charge in [0.1, 0.15) is 0 Å². The zero-order valence-corrected chi connectivity index (χ0v) is 11.5. The average Bonchev–Trinajstić information content (AvgIpc) is 2.56. The molecule has 3 heteroatoms. The SMILES string of the molecule is OB(O)c1cc(-c2ccccc2)ccc1-c1ccccc1. The molecule has 0 aliphatic carbocycles. The van der Waals surface area contributed by atoms with E-state index in [0.29, 0.717) is 5.46 Å². The lowest BCUT2D eigenvalue weighted by atomic mass is 9.74. The van der Waals surface area contributed by atoms with E-state index in [-0.39, 0.29) is 0 Å². The highest BCUT2D eigenvalue weighted by atomic mass is 16.4. The summed E-state index contributed by atoms with van der Waals surface area (Å²) in [5.41, 5.74) is 4.35. The van der Waals surface area contributed by atoms with Crippen molar-refractivity contribution in [2.45, 2.75) is 0 Å². The maximum absolute atomic E-state index is 9.69. The van der Waals surface area contributed by atoms with Gasteiger partial charge in [0.15, 0.2) is 0 Å². The first-order chi connectivity index (χ1) is 10.3. The van der Waals surface area contributed by atoms with Crippen LogP contribution in [0.15, 0.2) is 78.9 Å². The second kappa shape index (κ2) is 5.96. The summed E-state index contributed by atoms with van der Waals surface area (Å²) < 4.78 is 0. The third-order valence-corrected chi connectivity index (χ3v) is 3.52. The van der Waals surface area contributed by atoms with Crippen LogP contribution >= 0.6 is 0 Å². The predicted molar refractivity (Wildman–Crippen MR) is 87.1 cm³/mol. The number of benzene rings is 3. The first kappa shape index (κ1) is 13.6. The van der Waals surface area contributed by atoms with E-state index in [1.54, 1.807) is 0 Å². The Hall–Kier alpha value is -2.36. The molecule has 0 aromatic heterocycles. The zero-order chi connectivity index (χ0) is 14.7. The quantitative estimate of drug-likeness (QED) is 0.721. The molecule has 0 saturated carbocycles.